The first kappa shape index (κ1) is 16.2. The number of nitrogens with one attached hydrogen (secondary N) is 1. The molecular weight excluding hydrogens is 332 g/mol. The largest absolute Gasteiger partial charge is 0.301 e. The molecule has 1 heterocycles. The Balaban J connectivity index is 1.59. The summed E-state index contributed by atoms with van der Waals surface area (Å²) in [5, 5.41) is 3.00. The number of aryl methyl sites for hydroxylation is 1. The topological polar surface area (TPSA) is 54.9 Å². The molecule has 0 saturated heterocycles. The zero-order valence-corrected chi connectivity index (χ0v) is 13.3. The molecule has 0 radical (unpaired) electrons. The molecule has 2 aromatic carbocycles. The Morgan fingerprint density at radius 2 is 1.83 bits per heavy atom. The monoisotopic (exact) mass is 345 g/mol. The van der Waals surface area contributed by atoms with Crippen LogP contribution in [0.3, 0.4) is 0 Å². The Labute approximate surface area is 141 Å². The smallest absolute Gasteiger partial charge is 0.226 e. The lowest BCUT2D eigenvalue weighted by Gasteiger charge is -2.03. The lowest BCUT2D eigenvalue weighted by atomic mass is 10.1. The molecule has 0 spiro atoms. The Kier molecular flexibility index (Phi) is 4.90. The highest BCUT2D eigenvalue weighted by Crippen LogP contribution is 2.21. The standard InChI is InChI=1S/C17H13F2N3OS/c18-13-8-5-12(6-9-13)16-21-17(24-22-16)20-15(23)10-7-11-3-1-2-4-14(11)19/h1-6,8-9H,7,10H2,(H,20,21,22,23). The highest BCUT2D eigenvalue weighted by Gasteiger charge is 2.11. The number of amides is 1. The Bertz CT molecular complexity index is 849. The third kappa shape index (κ3) is 3.99. The maximum Gasteiger partial charge on any atom is 0.226 e. The third-order valence-corrected chi connectivity index (χ3v) is 3.98. The highest BCUT2D eigenvalue weighted by atomic mass is 32.1. The van der Waals surface area contributed by atoms with Crippen molar-refractivity contribution in [3.8, 4) is 11.4 Å². The molecular formula is C17H13F2N3OS. The van der Waals surface area contributed by atoms with Crippen molar-refractivity contribution in [3.63, 3.8) is 0 Å². The second-order valence-electron chi connectivity index (χ2n) is 5.07. The number of aromatic nitrogens is 2. The average Bonchev–Trinajstić information content (AvgIpc) is 3.03. The van der Waals surface area contributed by atoms with E-state index in [0.29, 0.717) is 28.5 Å². The quantitative estimate of drug-likeness (QED) is 0.759. The van der Waals surface area contributed by atoms with E-state index < -0.39 is 0 Å². The third-order valence-electron chi connectivity index (χ3n) is 3.35. The van der Waals surface area contributed by atoms with Crippen molar-refractivity contribution in [2.75, 3.05) is 5.32 Å². The van der Waals surface area contributed by atoms with Crippen molar-refractivity contribution in [2.24, 2.45) is 0 Å². The van der Waals surface area contributed by atoms with Crippen molar-refractivity contribution >= 4 is 22.6 Å². The van der Waals surface area contributed by atoms with Crippen LogP contribution >= 0.6 is 11.5 Å². The van der Waals surface area contributed by atoms with Gasteiger partial charge in [-0.15, -0.1) is 0 Å². The van der Waals surface area contributed by atoms with E-state index in [1.165, 1.54) is 18.2 Å². The van der Waals surface area contributed by atoms with E-state index in [9.17, 15) is 13.6 Å². The minimum atomic E-state index is -0.337. The van der Waals surface area contributed by atoms with Gasteiger partial charge in [-0.1, -0.05) is 18.2 Å². The van der Waals surface area contributed by atoms with Gasteiger partial charge in [0, 0.05) is 23.5 Å². The lowest BCUT2D eigenvalue weighted by molar-refractivity contribution is -0.116. The number of carbonyl (C=O) groups is 1. The molecule has 1 N–H and O–H groups in total. The Morgan fingerprint density at radius 1 is 1.08 bits per heavy atom. The molecule has 0 unspecified atom stereocenters. The first-order valence-corrected chi connectivity index (χ1v) is 8.02. The summed E-state index contributed by atoms with van der Waals surface area (Å²) in [6.45, 7) is 0. The number of anilines is 1. The summed E-state index contributed by atoms with van der Waals surface area (Å²) in [7, 11) is 0. The zero-order chi connectivity index (χ0) is 16.9. The molecule has 0 aliphatic carbocycles. The van der Waals surface area contributed by atoms with Gasteiger partial charge in [-0.2, -0.15) is 9.36 Å². The van der Waals surface area contributed by atoms with Crippen LogP contribution in [0.25, 0.3) is 11.4 Å². The number of hydrogen-bond donors (Lipinski definition) is 1. The van der Waals surface area contributed by atoms with Gasteiger partial charge in [0.15, 0.2) is 5.82 Å². The van der Waals surface area contributed by atoms with Gasteiger partial charge in [0.05, 0.1) is 0 Å². The van der Waals surface area contributed by atoms with E-state index >= 15 is 0 Å². The molecule has 0 fully saturated rings. The van der Waals surface area contributed by atoms with Crippen molar-refractivity contribution in [1.82, 2.24) is 9.36 Å². The SMILES string of the molecule is O=C(CCc1ccccc1F)Nc1nc(-c2ccc(F)cc2)ns1. The molecule has 122 valence electrons. The molecule has 1 amide bonds. The van der Waals surface area contributed by atoms with Crippen molar-refractivity contribution in [2.45, 2.75) is 12.8 Å². The van der Waals surface area contributed by atoms with Crippen LogP contribution < -0.4 is 5.32 Å². The first-order chi connectivity index (χ1) is 11.6. The molecule has 1 aromatic heterocycles. The number of hydrogen-bond acceptors (Lipinski definition) is 4. The Morgan fingerprint density at radius 3 is 2.58 bits per heavy atom. The molecule has 0 aliphatic heterocycles. The normalized spacial score (nSPS) is 10.6. The van der Waals surface area contributed by atoms with Gasteiger partial charge in [-0.25, -0.2) is 8.78 Å². The zero-order valence-electron chi connectivity index (χ0n) is 12.5. The number of nitrogens with zero attached hydrogens (tertiary/aromatic N) is 2. The molecule has 0 bridgehead atoms. The molecule has 0 aliphatic rings. The summed E-state index contributed by atoms with van der Waals surface area (Å²) >= 11 is 1.04. The summed E-state index contributed by atoms with van der Waals surface area (Å²) in [6.07, 6.45) is 0.453. The summed E-state index contributed by atoms with van der Waals surface area (Å²) in [5.74, 6) is -0.500. The Hall–Kier alpha value is -2.67. The van der Waals surface area contributed by atoms with Crippen LogP contribution in [0, 0.1) is 11.6 Å². The van der Waals surface area contributed by atoms with Crippen LogP contribution in [-0.4, -0.2) is 15.3 Å². The van der Waals surface area contributed by atoms with Crippen molar-refractivity contribution < 1.29 is 13.6 Å². The van der Waals surface area contributed by atoms with Gasteiger partial charge in [-0.3, -0.25) is 4.79 Å². The fraction of sp³-hybridized carbons (Fsp3) is 0.118. The van der Waals surface area contributed by atoms with E-state index in [1.54, 1.807) is 30.3 Å². The fourth-order valence-electron chi connectivity index (χ4n) is 2.12. The van der Waals surface area contributed by atoms with Crippen LogP contribution in [0.15, 0.2) is 48.5 Å². The second-order valence-corrected chi connectivity index (χ2v) is 5.82. The molecule has 0 saturated carbocycles. The number of benzene rings is 2. The van der Waals surface area contributed by atoms with Crippen molar-refractivity contribution in [3.05, 3.63) is 65.7 Å². The molecule has 4 nitrogen and oxygen atoms in total. The van der Waals surface area contributed by atoms with Gasteiger partial charge in [0.2, 0.25) is 11.0 Å². The van der Waals surface area contributed by atoms with Crippen LogP contribution in [0.5, 0.6) is 0 Å². The van der Waals surface area contributed by atoms with E-state index in [2.05, 4.69) is 14.7 Å². The fourth-order valence-corrected chi connectivity index (χ4v) is 2.73. The minimum absolute atomic E-state index is 0.145. The van der Waals surface area contributed by atoms with Gasteiger partial charge >= 0.3 is 0 Å². The number of carbonyl (C=O) groups excluding carboxylic acids is 1. The van der Waals surface area contributed by atoms with Gasteiger partial charge < -0.3 is 5.32 Å². The molecule has 0 atom stereocenters. The number of halogens is 2. The minimum Gasteiger partial charge on any atom is -0.301 e. The van der Waals surface area contributed by atoms with Crippen LogP contribution in [-0.2, 0) is 11.2 Å². The van der Waals surface area contributed by atoms with E-state index in [0.717, 1.165) is 11.5 Å². The molecule has 24 heavy (non-hydrogen) atoms. The van der Waals surface area contributed by atoms with Crippen LogP contribution in [0.2, 0.25) is 0 Å². The lowest BCUT2D eigenvalue weighted by Crippen LogP contribution is -2.12. The van der Waals surface area contributed by atoms with E-state index in [4.69, 9.17) is 0 Å². The maximum absolute atomic E-state index is 13.5. The van der Waals surface area contributed by atoms with E-state index in [-0.39, 0.29) is 24.0 Å². The summed E-state index contributed by atoms with van der Waals surface area (Å²) in [4.78, 5) is 16.1. The highest BCUT2D eigenvalue weighted by molar-refractivity contribution is 7.10. The average molecular weight is 345 g/mol. The summed E-state index contributed by atoms with van der Waals surface area (Å²) in [6, 6.07) is 12.1. The maximum atomic E-state index is 13.5. The molecule has 3 aromatic rings. The second kappa shape index (κ2) is 7.27. The first-order valence-electron chi connectivity index (χ1n) is 7.25. The molecule has 7 heteroatoms. The number of rotatable bonds is 5. The van der Waals surface area contributed by atoms with Crippen LogP contribution in [0.1, 0.15) is 12.0 Å². The summed E-state index contributed by atoms with van der Waals surface area (Å²) in [5.41, 5.74) is 1.16. The van der Waals surface area contributed by atoms with Crippen molar-refractivity contribution in [1.29, 1.82) is 0 Å². The molecule has 3 rings (SSSR count). The summed E-state index contributed by atoms with van der Waals surface area (Å²) < 4.78 is 30.6. The predicted octanol–water partition coefficient (Wildman–Crippen LogP) is 4.05. The van der Waals surface area contributed by atoms with Gasteiger partial charge in [0.1, 0.15) is 11.6 Å². The van der Waals surface area contributed by atoms with E-state index in [1.807, 2.05) is 0 Å². The van der Waals surface area contributed by atoms with Gasteiger partial charge in [0.25, 0.3) is 0 Å². The predicted molar refractivity (Wildman–Crippen MR) is 88.7 cm³/mol. The van der Waals surface area contributed by atoms with Crippen LogP contribution in [0.4, 0.5) is 13.9 Å². The van der Waals surface area contributed by atoms with Gasteiger partial charge in [-0.05, 0) is 42.3 Å².